The molecule has 0 aromatic heterocycles. The van der Waals surface area contributed by atoms with Crippen molar-refractivity contribution in [3.8, 4) is 23.0 Å². The summed E-state index contributed by atoms with van der Waals surface area (Å²) in [5.74, 6) is -2.19. The van der Waals surface area contributed by atoms with Gasteiger partial charge >= 0.3 is 11.9 Å². The molecule has 0 saturated carbocycles. The third-order valence-corrected chi connectivity index (χ3v) is 11.2. The van der Waals surface area contributed by atoms with Crippen LogP contribution < -0.4 is 22.7 Å². The van der Waals surface area contributed by atoms with E-state index in [1.807, 2.05) is 0 Å². The van der Waals surface area contributed by atoms with E-state index in [4.69, 9.17) is 30.5 Å². The molecule has 0 fully saturated rings. The first-order valence-corrected chi connectivity index (χ1v) is 17.2. The molecule has 0 unspecified atom stereocenters. The zero-order chi connectivity index (χ0) is 34.5. The number of benzene rings is 5. The number of anilines is 1. The highest BCUT2D eigenvalue weighted by Gasteiger charge is 2.39. The molecule has 246 valence electrons. The quantitative estimate of drug-likeness (QED) is 0.112. The summed E-state index contributed by atoms with van der Waals surface area (Å²) in [6.07, 6.45) is 0. The van der Waals surface area contributed by atoms with E-state index < -0.39 is 47.5 Å². The Labute approximate surface area is 281 Å². The fourth-order valence-electron chi connectivity index (χ4n) is 4.44. The number of carbonyl (C=O) groups excluding carboxylic acids is 2. The van der Waals surface area contributed by atoms with Crippen molar-refractivity contribution >= 4 is 49.3 Å². The van der Waals surface area contributed by atoms with E-state index in [0.29, 0.717) is 0 Å². The summed E-state index contributed by atoms with van der Waals surface area (Å²) in [6, 6.07) is 27.9. The second-order valence-electron chi connectivity index (χ2n) is 9.80. The predicted molar refractivity (Wildman–Crippen MR) is 177 cm³/mol. The van der Waals surface area contributed by atoms with Crippen LogP contribution >= 0.6 is 11.6 Å². The molecule has 11 nitrogen and oxygen atoms in total. The normalized spacial score (nSPS) is 11.3. The van der Waals surface area contributed by atoms with E-state index in [9.17, 15) is 26.4 Å². The number of esters is 2. The zero-order valence-electron chi connectivity index (χ0n) is 25.3. The van der Waals surface area contributed by atoms with Crippen LogP contribution in [0, 0.1) is 0 Å². The average molecular weight is 708 g/mol. The fourth-order valence-corrected chi connectivity index (χ4v) is 8.52. The van der Waals surface area contributed by atoms with Crippen molar-refractivity contribution in [2.24, 2.45) is 0 Å². The van der Waals surface area contributed by atoms with Crippen LogP contribution in [0.4, 0.5) is 5.69 Å². The van der Waals surface area contributed by atoms with E-state index in [2.05, 4.69) is 0 Å². The Morgan fingerprint density at radius 1 is 0.542 bits per heavy atom. The van der Waals surface area contributed by atoms with Crippen LogP contribution in [0.3, 0.4) is 0 Å². The fraction of sp³-hybridized carbons (Fsp3) is 0.0588. The average Bonchev–Trinajstić information content (AvgIpc) is 3.09. The molecule has 0 radical (unpaired) electrons. The van der Waals surface area contributed by atoms with Gasteiger partial charge in [0.1, 0.15) is 0 Å². The maximum absolute atomic E-state index is 14.4. The third kappa shape index (κ3) is 6.98. The number of ether oxygens (including phenoxy) is 4. The number of sulfonamides is 2. The smallest absolute Gasteiger partial charge is 0.343 e. The third-order valence-electron chi connectivity index (χ3n) is 6.78. The molecule has 14 heteroatoms. The van der Waals surface area contributed by atoms with Crippen molar-refractivity contribution in [3.63, 3.8) is 0 Å². The van der Waals surface area contributed by atoms with Crippen molar-refractivity contribution in [2.45, 2.75) is 9.79 Å². The number of carbonyl (C=O) groups is 2. The van der Waals surface area contributed by atoms with Gasteiger partial charge in [0.15, 0.2) is 23.0 Å². The molecule has 0 aliphatic rings. The van der Waals surface area contributed by atoms with Crippen molar-refractivity contribution in [1.29, 1.82) is 0 Å². The Morgan fingerprint density at radius 2 is 0.938 bits per heavy atom. The van der Waals surface area contributed by atoms with E-state index in [1.54, 1.807) is 36.4 Å². The van der Waals surface area contributed by atoms with E-state index in [-0.39, 0.29) is 42.9 Å². The zero-order valence-corrected chi connectivity index (χ0v) is 27.7. The highest BCUT2D eigenvalue weighted by atomic mass is 35.5. The van der Waals surface area contributed by atoms with Gasteiger partial charge in [-0.15, -0.1) is 0 Å². The Morgan fingerprint density at radius 3 is 1.33 bits per heavy atom. The lowest BCUT2D eigenvalue weighted by Crippen LogP contribution is -2.37. The number of hydrogen-bond donors (Lipinski definition) is 0. The van der Waals surface area contributed by atoms with Crippen LogP contribution in [0.1, 0.15) is 20.7 Å². The first-order chi connectivity index (χ1) is 23.0. The number of methoxy groups -OCH3 is 2. The lowest BCUT2D eigenvalue weighted by atomic mass is 10.2. The highest BCUT2D eigenvalue weighted by Crippen LogP contribution is 2.40. The molecular formula is C34H26ClNO10S2. The van der Waals surface area contributed by atoms with E-state index >= 15 is 0 Å². The molecule has 0 saturated heterocycles. The summed E-state index contributed by atoms with van der Waals surface area (Å²) >= 11 is 6.39. The van der Waals surface area contributed by atoms with Gasteiger partial charge < -0.3 is 18.9 Å². The van der Waals surface area contributed by atoms with Crippen molar-refractivity contribution < 1.29 is 45.4 Å². The second kappa shape index (κ2) is 14.2. The summed E-state index contributed by atoms with van der Waals surface area (Å²) in [7, 11) is -7.52. The van der Waals surface area contributed by atoms with Crippen LogP contribution in [0.5, 0.6) is 23.0 Å². The van der Waals surface area contributed by atoms with Gasteiger partial charge in [0.25, 0.3) is 20.0 Å². The van der Waals surface area contributed by atoms with Crippen LogP contribution in [-0.4, -0.2) is 43.0 Å². The molecule has 0 aliphatic heterocycles. The van der Waals surface area contributed by atoms with Gasteiger partial charge in [-0.1, -0.05) is 60.1 Å². The first kappa shape index (κ1) is 34.0. The van der Waals surface area contributed by atoms with Crippen molar-refractivity contribution in [3.05, 3.63) is 137 Å². The minimum atomic E-state index is -5.05. The maximum atomic E-state index is 14.4. The lowest BCUT2D eigenvalue weighted by molar-refractivity contribution is 0.0720. The Bertz CT molecular complexity index is 2060. The van der Waals surface area contributed by atoms with Crippen molar-refractivity contribution in [1.82, 2.24) is 0 Å². The molecule has 0 heterocycles. The highest BCUT2D eigenvalue weighted by molar-refractivity contribution is 8.10. The minimum Gasteiger partial charge on any atom is -0.493 e. The van der Waals surface area contributed by atoms with Gasteiger partial charge in [0, 0.05) is 12.1 Å². The Balaban J connectivity index is 1.62. The molecule has 5 rings (SSSR count). The van der Waals surface area contributed by atoms with E-state index in [0.717, 1.165) is 24.3 Å². The Kier molecular flexibility index (Phi) is 10.0. The topological polar surface area (TPSA) is 143 Å². The largest absolute Gasteiger partial charge is 0.493 e. The van der Waals surface area contributed by atoms with Gasteiger partial charge in [-0.2, -0.15) is 3.71 Å². The summed E-state index contributed by atoms with van der Waals surface area (Å²) in [5.41, 5.74) is -0.0517. The SMILES string of the molecule is COc1ccc(S(=O)(=O)N(c2ccccc2Cl)S(=O)(=O)c2ccc(OC)c(OC(=O)c3ccccc3)c2)cc1OC(=O)c1ccccc1. The van der Waals surface area contributed by atoms with Gasteiger partial charge in [0.2, 0.25) is 0 Å². The van der Waals surface area contributed by atoms with Crippen LogP contribution in [-0.2, 0) is 20.0 Å². The van der Waals surface area contributed by atoms with Gasteiger partial charge in [-0.05, 0) is 60.7 Å². The molecule has 5 aromatic rings. The van der Waals surface area contributed by atoms with Gasteiger partial charge in [-0.25, -0.2) is 26.4 Å². The van der Waals surface area contributed by atoms with Gasteiger partial charge in [0.05, 0.1) is 45.8 Å². The summed E-state index contributed by atoms with van der Waals surface area (Å²) in [4.78, 5) is 24.5. The summed E-state index contributed by atoms with van der Waals surface area (Å²) in [5, 5.41) is -0.210. The summed E-state index contributed by atoms with van der Waals surface area (Å²) < 4.78 is 79.1. The van der Waals surface area contributed by atoms with Gasteiger partial charge in [-0.3, -0.25) is 0 Å². The molecule has 0 atom stereocenters. The summed E-state index contributed by atoms with van der Waals surface area (Å²) in [6.45, 7) is 0. The van der Waals surface area contributed by atoms with Crippen LogP contribution in [0.15, 0.2) is 131 Å². The number of halogens is 1. The maximum Gasteiger partial charge on any atom is 0.343 e. The molecule has 5 aromatic carbocycles. The minimum absolute atomic E-state index is 0.00501. The van der Waals surface area contributed by atoms with Crippen LogP contribution in [0.25, 0.3) is 0 Å². The van der Waals surface area contributed by atoms with E-state index in [1.165, 1.54) is 74.9 Å². The molecule has 0 amide bonds. The predicted octanol–water partition coefficient (Wildman–Crippen LogP) is 6.38. The molecule has 0 spiro atoms. The molecule has 0 aliphatic carbocycles. The lowest BCUT2D eigenvalue weighted by Gasteiger charge is -2.25. The van der Waals surface area contributed by atoms with Crippen LogP contribution in [0.2, 0.25) is 5.02 Å². The first-order valence-electron chi connectivity index (χ1n) is 13.9. The number of para-hydroxylation sites is 1. The number of nitrogens with zero attached hydrogens (tertiary/aromatic N) is 1. The molecule has 48 heavy (non-hydrogen) atoms. The number of hydrogen-bond acceptors (Lipinski definition) is 10. The van der Waals surface area contributed by atoms with Crippen molar-refractivity contribution in [2.75, 3.05) is 17.9 Å². The standard InChI is InChI=1S/C34H26ClNO10S2/c1-43-29-19-17-25(21-31(29)45-33(37)23-11-5-3-6-12-23)47(39,40)36(28-16-10-9-15-27(28)35)48(41,42)26-18-20-30(44-2)32(22-26)46-34(38)24-13-7-4-8-14-24/h3-22H,1-2H3. The molecule has 0 bridgehead atoms. The number of rotatable bonds is 11. The monoisotopic (exact) mass is 707 g/mol. The molecular weight excluding hydrogens is 682 g/mol. The Hall–Kier alpha value is -5.37. The second-order valence-corrected chi connectivity index (χ2v) is 14.0. The molecule has 0 N–H and O–H groups in total.